The first-order chi connectivity index (χ1) is 6.65. The van der Waals surface area contributed by atoms with Crippen molar-refractivity contribution >= 4 is 15.9 Å². The van der Waals surface area contributed by atoms with Crippen molar-refractivity contribution in [3.05, 3.63) is 16.1 Å². The van der Waals surface area contributed by atoms with Crippen LogP contribution >= 0.6 is 15.9 Å². The summed E-state index contributed by atoms with van der Waals surface area (Å²) in [6.45, 7) is -0.682. The molecule has 0 unspecified atom stereocenters. The van der Waals surface area contributed by atoms with Gasteiger partial charge in [0.05, 0.1) is 14.2 Å². The van der Waals surface area contributed by atoms with Gasteiger partial charge in [0.1, 0.15) is 16.9 Å². The highest BCUT2D eigenvalue weighted by atomic mass is 79.9. The molecule has 0 aliphatic carbocycles. The number of alkyl halides is 1. The SMILES string of the molecule is COc1cc(CF)c(OC)c(Br)c1O. The summed E-state index contributed by atoms with van der Waals surface area (Å²) in [5.74, 6) is 0.401. The standard InChI is InChI=1S/C9H10BrFO3/c1-13-6-3-5(4-11)9(14-2)7(10)8(6)12/h3,12H,4H2,1-2H3. The summed E-state index contributed by atoms with van der Waals surface area (Å²) in [4.78, 5) is 0. The molecule has 14 heavy (non-hydrogen) atoms. The average Bonchev–Trinajstić information content (AvgIpc) is 2.21. The van der Waals surface area contributed by atoms with Gasteiger partial charge in [0, 0.05) is 5.56 Å². The maximum absolute atomic E-state index is 12.6. The Balaban J connectivity index is 3.38. The van der Waals surface area contributed by atoms with Gasteiger partial charge in [-0.05, 0) is 22.0 Å². The Hall–Kier alpha value is -0.970. The van der Waals surface area contributed by atoms with Crippen molar-refractivity contribution in [1.29, 1.82) is 0 Å². The molecule has 0 atom stereocenters. The Kier molecular flexibility index (Phi) is 3.57. The zero-order valence-corrected chi connectivity index (χ0v) is 9.39. The van der Waals surface area contributed by atoms with E-state index in [0.717, 1.165) is 0 Å². The molecular formula is C9H10BrFO3. The fourth-order valence-corrected chi connectivity index (χ4v) is 1.74. The van der Waals surface area contributed by atoms with E-state index in [2.05, 4.69) is 15.9 Å². The number of ether oxygens (including phenoxy) is 2. The van der Waals surface area contributed by atoms with Crippen LogP contribution in [-0.4, -0.2) is 19.3 Å². The molecule has 0 radical (unpaired) electrons. The lowest BCUT2D eigenvalue weighted by atomic mass is 10.2. The number of benzene rings is 1. The van der Waals surface area contributed by atoms with Gasteiger partial charge in [0.15, 0.2) is 11.5 Å². The highest BCUT2D eigenvalue weighted by Crippen LogP contribution is 2.43. The maximum atomic E-state index is 12.6. The smallest absolute Gasteiger partial charge is 0.176 e. The molecule has 5 heteroatoms. The third-order valence-electron chi connectivity index (χ3n) is 1.81. The highest BCUT2D eigenvalue weighted by molar-refractivity contribution is 9.10. The summed E-state index contributed by atoms with van der Waals surface area (Å²) in [5.41, 5.74) is 0.328. The van der Waals surface area contributed by atoms with Crippen molar-refractivity contribution in [3.63, 3.8) is 0 Å². The fourth-order valence-electron chi connectivity index (χ4n) is 1.12. The molecule has 0 spiro atoms. The van der Waals surface area contributed by atoms with Gasteiger partial charge in [0.25, 0.3) is 0 Å². The molecular weight excluding hydrogens is 255 g/mol. The van der Waals surface area contributed by atoms with E-state index in [-0.39, 0.29) is 17.2 Å². The summed E-state index contributed by atoms with van der Waals surface area (Å²) < 4.78 is 22.7. The van der Waals surface area contributed by atoms with Crippen molar-refractivity contribution in [2.24, 2.45) is 0 Å². The third kappa shape index (κ3) is 1.77. The van der Waals surface area contributed by atoms with E-state index in [1.54, 1.807) is 0 Å². The van der Waals surface area contributed by atoms with E-state index in [1.165, 1.54) is 20.3 Å². The van der Waals surface area contributed by atoms with Crippen LogP contribution in [0.2, 0.25) is 0 Å². The van der Waals surface area contributed by atoms with Crippen LogP contribution in [0.5, 0.6) is 17.2 Å². The Bertz CT molecular complexity index is 341. The van der Waals surface area contributed by atoms with Gasteiger partial charge in [-0.1, -0.05) is 0 Å². The van der Waals surface area contributed by atoms with Crippen molar-refractivity contribution < 1.29 is 19.0 Å². The monoisotopic (exact) mass is 264 g/mol. The molecule has 1 aromatic rings. The number of phenols is 1. The molecule has 1 rings (SSSR count). The second-order valence-corrected chi connectivity index (χ2v) is 3.36. The summed E-state index contributed by atoms with van der Waals surface area (Å²) in [6, 6.07) is 1.40. The van der Waals surface area contributed by atoms with E-state index in [4.69, 9.17) is 9.47 Å². The minimum Gasteiger partial charge on any atom is -0.503 e. The van der Waals surface area contributed by atoms with Gasteiger partial charge in [-0.25, -0.2) is 4.39 Å². The number of aromatic hydroxyl groups is 1. The van der Waals surface area contributed by atoms with Crippen LogP contribution in [-0.2, 0) is 6.67 Å². The normalized spacial score (nSPS) is 10.0. The van der Waals surface area contributed by atoms with E-state index in [1.807, 2.05) is 0 Å². The lowest BCUT2D eigenvalue weighted by Crippen LogP contribution is -1.94. The molecule has 0 aliphatic rings. The molecule has 0 amide bonds. The molecule has 78 valence electrons. The highest BCUT2D eigenvalue weighted by Gasteiger charge is 2.16. The Morgan fingerprint density at radius 3 is 2.50 bits per heavy atom. The van der Waals surface area contributed by atoms with Gasteiger partial charge in [-0.2, -0.15) is 0 Å². The first-order valence-electron chi connectivity index (χ1n) is 3.84. The predicted molar refractivity (Wildman–Crippen MR) is 53.7 cm³/mol. The summed E-state index contributed by atoms with van der Waals surface area (Å²) >= 11 is 3.10. The van der Waals surface area contributed by atoms with E-state index in [9.17, 15) is 9.50 Å². The quantitative estimate of drug-likeness (QED) is 0.913. The molecule has 0 fully saturated rings. The van der Waals surface area contributed by atoms with E-state index in [0.29, 0.717) is 10.0 Å². The number of phenolic OH excluding ortho intramolecular Hbond substituents is 1. The Labute approximate surface area is 89.6 Å². The number of methoxy groups -OCH3 is 2. The molecule has 3 nitrogen and oxygen atoms in total. The van der Waals surface area contributed by atoms with Crippen LogP contribution in [0.1, 0.15) is 5.56 Å². The number of hydrogen-bond donors (Lipinski definition) is 1. The van der Waals surface area contributed by atoms with Gasteiger partial charge in [-0.15, -0.1) is 0 Å². The fraction of sp³-hybridized carbons (Fsp3) is 0.333. The molecule has 1 N–H and O–H groups in total. The van der Waals surface area contributed by atoms with E-state index < -0.39 is 6.67 Å². The number of halogens is 2. The topological polar surface area (TPSA) is 38.7 Å². The number of hydrogen-bond acceptors (Lipinski definition) is 3. The van der Waals surface area contributed by atoms with Crippen molar-refractivity contribution in [3.8, 4) is 17.2 Å². The molecule has 1 aromatic carbocycles. The zero-order chi connectivity index (χ0) is 10.7. The van der Waals surface area contributed by atoms with Crippen LogP contribution in [0.25, 0.3) is 0 Å². The first kappa shape index (κ1) is 11.1. The van der Waals surface area contributed by atoms with Crippen LogP contribution in [0.15, 0.2) is 10.5 Å². The molecule has 0 saturated carbocycles. The lowest BCUT2D eigenvalue weighted by molar-refractivity contribution is 0.355. The van der Waals surface area contributed by atoms with Gasteiger partial charge in [-0.3, -0.25) is 0 Å². The Morgan fingerprint density at radius 2 is 2.07 bits per heavy atom. The minimum absolute atomic E-state index is 0.0958. The van der Waals surface area contributed by atoms with Crippen LogP contribution < -0.4 is 9.47 Å². The largest absolute Gasteiger partial charge is 0.503 e. The minimum atomic E-state index is -0.682. The molecule has 0 aromatic heterocycles. The number of rotatable bonds is 3. The molecule has 0 saturated heterocycles. The summed E-state index contributed by atoms with van der Waals surface area (Å²) in [6.07, 6.45) is 0. The summed E-state index contributed by atoms with van der Waals surface area (Å²) in [5, 5.41) is 9.56. The third-order valence-corrected chi connectivity index (χ3v) is 2.54. The van der Waals surface area contributed by atoms with Gasteiger partial charge in [0.2, 0.25) is 0 Å². The maximum Gasteiger partial charge on any atom is 0.176 e. The second kappa shape index (κ2) is 4.50. The molecule has 0 aliphatic heterocycles. The van der Waals surface area contributed by atoms with Crippen LogP contribution in [0.4, 0.5) is 4.39 Å². The first-order valence-corrected chi connectivity index (χ1v) is 4.63. The van der Waals surface area contributed by atoms with Crippen molar-refractivity contribution in [2.75, 3.05) is 14.2 Å². The Morgan fingerprint density at radius 1 is 1.43 bits per heavy atom. The lowest BCUT2D eigenvalue weighted by Gasteiger charge is -2.12. The van der Waals surface area contributed by atoms with Crippen molar-refractivity contribution in [2.45, 2.75) is 6.67 Å². The zero-order valence-electron chi connectivity index (χ0n) is 7.80. The molecule has 0 bridgehead atoms. The van der Waals surface area contributed by atoms with E-state index >= 15 is 0 Å². The second-order valence-electron chi connectivity index (χ2n) is 2.57. The van der Waals surface area contributed by atoms with Crippen molar-refractivity contribution in [1.82, 2.24) is 0 Å². The van der Waals surface area contributed by atoms with Crippen LogP contribution in [0, 0.1) is 0 Å². The average molecular weight is 265 g/mol. The molecule has 0 heterocycles. The van der Waals surface area contributed by atoms with Gasteiger partial charge >= 0.3 is 0 Å². The van der Waals surface area contributed by atoms with Crippen LogP contribution in [0.3, 0.4) is 0 Å². The van der Waals surface area contributed by atoms with Gasteiger partial charge < -0.3 is 14.6 Å². The summed E-state index contributed by atoms with van der Waals surface area (Å²) in [7, 11) is 2.81. The predicted octanol–water partition coefficient (Wildman–Crippen LogP) is 2.64.